The van der Waals surface area contributed by atoms with Crippen molar-refractivity contribution in [2.45, 2.75) is 12.5 Å². The number of urea groups is 1. The SMILES string of the molecule is COc1ccc(CCNCC(O)COc2cccc3c2=NC(=O)N=3)cc1OC.Cl. The zero-order chi connectivity index (χ0) is 19.9. The van der Waals surface area contributed by atoms with E-state index in [1.54, 1.807) is 32.4 Å². The number of hydrogen-bond acceptors (Lipinski definition) is 6. The van der Waals surface area contributed by atoms with E-state index in [9.17, 15) is 9.90 Å². The van der Waals surface area contributed by atoms with Crippen molar-refractivity contribution in [1.29, 1.82) is 0 Å². The van der Waals surface area contributed by atoms with Crippen LogP contribution >= 0.6 is 12.4 Å². The second-order valence-corrected chi connectivity index (χ2v) is 6.24. The Morgan fingerprint density at radius 1 is 1.07 bits per heavy atom. The Labute approximate surface area is 174 Å². The minimum Gasteiger partial charge on any atom is -0.493 e. The zero-order valence-electron chi connectivity index (χ0n) is 16.3. The number of para-hydroxylation sites is 1. The summed E-state index contributed by atoms with van der Waals surface area (Å²) in [7, 11) is 3.21. The van der Waals surface area contributed by atoms with Crippen LogP contribution in [0.3, 0.4) is 0 Å². The average Bonchev–Trinajstić information content (AvgIpc) is 3.10. The average molecular weight is 422 g/mol. The van der Waals surface area contributed by atoms with Crippen LogP contribution in [-0.2, 0) is 6.42 Å². The Kier molecular flexibility index (Phi) is 8.38. The molecule has 1 aliphatic rings. The normalized spacial score (nSPS) is 12.9. The molecule has 29 heavy (non-hydrogen) atoms. The maximum absolute atomic E-state index is 11.3. The molecule has 1 aliphatic heterocycles. The molecule has 156 valence electrons. The molecule has 1 heterocycles. The van der Waals surface area contributed by atoms with E-state index in [-0.39, 0.29) is 19.0 Å². The van der Waals surface area contributed by atoms with Gasteiger partial charge < -0.3 is 24.6 Å². The fraction of sp³-hybridized carbons (Fsp3) is 0.350. The molecule has 2 aromatic rings. The number of nitrogens with one attached hydrogen (secondary N) is 1. The Balaban J connectivity index is 0.00000300. The van der Waals surface area contributed by atoms with Crippen molar-refractivity contribution in [2.24, 2.45) is 9.98 Å². The van der Waals surface area contributed by atoms with Gasteiger partial charge in [-0.1, -0.05) is 12.1 Å². The largest absolute Gasteiger partial charge is 0.493 e. The molecule has 0 aromatic heterocycles. The van der Waals surface area contributed by atoms with Gasteiger partial charge >= 0.3 is 6.03 Å². The van der Waals surface area contributed by atoms with E-state index in [1.165, 1.54) is 0 Å². The number of fused-ring (bicyclic) bond motifs is 1. The summed E-state index contributed by atoms with van der Waals surface area (Å²) in [5.41, 5.74) is 1.10. The Morgan fingerprint density at radius 2 is 1.86 bits per heavy atom. The van der Waals surface area contributed by atoms with Gasteiger partial charge in [-0.2, -0.15) is 9.98 Å². The number of methoxy groups -OCH3 is 2. The van der Waals surface area contributed by atoms with Gasteiger partial charge in [-0.05, 0) is 42.8 Å². The van der Waals surface area contributed by atoms with Crippen LogP contribution in [0, 0.1) is 0 Å². The molecule has 0 radical (unpaired) electrons. The molecule has 0 saturated heterocycles. The minimum atomic E-state index is -0.699. The van der Waals surface area contributed by atoms with Crippen molar-refractivity contribution < 1.29 is 24.1 Å². The first kappa shape index (κ1) is 22.6. The van der Waals surface area contributed by atoms with E-state index in [4.69, 9.17) is 14.2 Å². The second kappa shape index (κ2) is 10.8. The van der Waals surface area contributed by atoms with E-state index >= 15 is 0 Å². The highest BCUT2D eigenvalue weighted by atomic mass is 35.5. The van der Waals surface area contributed by atoms with Gasteiger partial charge in [-0.15, -0.1) is 12.4 Å². The van der Waals surface area contributed by atoms with E-state index in [0.717, 1.165) is 12.0 Å². The molecule has 8 nitrogen and oxygen atoms in total. The maximum atomic E-state index is 11.3. The lowest BCUT2D eigenvalue weighted by Crippen LogP contribution is -2.34. The summed E-state index contributed by atoms with van der Waals surface area (Å²) in [5.74, 6) is 1.83. The number of ether oxygens (including phenoxy) is 3. The highest BCUT2D eigenvalue weighted by Crippen LogP contribution is 2.27. The third kappa shape index (κ3) is 5.90. The molecule has 2 aromatic carbocycles. The number of nitrogens with zero attached hydrogens (tertiary/aromatic N) is 2. The van der Waals surface area contributed by atoms with Crippen LogP contribution in [0.2, 0.25) is 0 Å². The molecule has 0 aliphatic carbocycles. The number of rotatable bonds is 10. The van der Waals surface area contributed by atoms with Crippen LogP contribution < -0.4 is 30.2 Å². The zero-order valence-corrected chi connectivity index (χ0v) is 17.1. The third-order valence-corrected chi connectivity index (χ3v) is 4.25. The van der Waals surface area contributed by atoms with Crippen molar-refractivity contribution in [3.05, 3.63) is 52.7 Å². The number of halogens is 1. The molecular formula is C20H24ClN3O5. The molecule has 2 N–H and O–H groups in total. The highest BCUT2D eigenvalue weighted by molar-refractivity contribution is 5.85. The predicted octanol–water partition coefficient (Wildman–Crippen LogP) is 1.07. The Morgan fingerprint density at radius 3 is 2.62 bits per heavy atom. The summed E-state index contributed by atoms with van der Waals surface area (Å²) in [6, 6.07) is 10.4. The quantitative estimate of drug-likeness (QED) is 0.556. The number of carbonyl (C=O) groups excluding carboxylic acids is 1. The van der Waals surface area contributed by atoms with Crippen molar-refractivity contribution in [1.82, 2.24) is 5.32 Å². The number of hydrogen-bond donors (Lipinski definition) is 2. The van der Waals surface area contributed by atoms with E-state index in [2.05, 4.69) is 15.3 Å². The van der Waals surface area contributed by atoms with Gasteiger partial charge in [-0.25, -0.2) is 4.79 Å². The van der Waals surface area contributed by atoms with Crippen molar-refractivity contribution >= 4 is 18.4 Å². The fourth-order valence-electron chi connectivity index (χ4n) is 2.84. The standard InChI is InChI=1S/C20H23N3O5.ClH/c1-26-16-7-6-13(10-18(16)27-2)8-9-21-11-14(24)12-28-17-5-3-4-15-19(17)23-20(25)22-15;/h3-7,10,14,21,24H,8-9,11-12H2,1-2H3;1H. The summed E-state index contributed by atoms with van der Waals surface area (Å²) in [6.07, 6.45) is 0.0816. The Hall–Kier alpha value is -2.68. The number of amides is 2. The van der Waals surface area contributed by atoms with Crippen molar-refractivity contribution in [3.63, 3.8) is 0 Å². The monoisotopic (exact) mass is 421 g/mol. The smallest absolute Gasteiger partial charge is 0.368 e. The molecule has 1 atom stereocenters. The van der Waals surface area contributed by atoms with Crippen LogP contribution in [-0.4, -0.2) is 51.2 Å². The van der Waals surface area contributed by atoms with Gasteiger partial charge in [0.05, 0.1) is 19.6 Å². The summed E-state index contributed by atoms with van der Waals surface area (Å²) < 4.78 is 16.1. The van der Waals surface area contributed by atoms with Crippen LogP contribution in [0.15, 0.2) is 46.4 Å². The van der Waals surface area contributed by atoms with Gasteiger partial charge in [0.15, 0.2) is 11.5 Å². The first-order valence-corrected chi connectivity index (χ1v) is 8.93. The van der Waals surface area contributed by atoms with Gasteiger partial charge in [0.25, 0.3) is 0 Å². The lowest BCUT2D eigenvalue weighted by Gasteiger charge is -2.14. The van der Waals surface area contributed by atoms with Crippen molar-refractivity contribution in [3.8, 4) is 17.2 Å². The van der Waals surface area contributed by atoms with Gasteiger partial charge in [-0.3, -0.25) is 0 Å². The molecule has 9 heteroatoms. The third-order valence-electron chi connectivity index (χ3n) is 4.25. The van der Waals surface area contributed by atoms with E-state index in [0.29, 0.717) is 41.1 Å². The molecular weight excluding hydrogens is 398 g/mol. The number of benzene rings is 2. The van der Waals surface area contributed by atoms with Crippen LogP contribution in [0.1, 0.15) is 5.56 Å². The highest BCUT2D eigenvalue weighted by Gasteiger charge is 2.11. The minimum absolute atomic E-state index is 0. The van der Waals surface area contributed by atoms with E-state index in [1.807, 2.05) is 18.2 Å². The first-order valence-electron chi connectivity index (χ1n) is 8.93. The van der Waals surface area contributed by atoms with Gasteiger partial charge in [0.1, 0.15) is 23.8 Å². The molecule has 3 rings (SSSR count). The lowest BCUT2D eigenvalue weighted by molar-refractivity contribution is 0.106. The summed E-state index contributed by atoms with van der Waals surface area (Å²) in [5, 5.41) is 14.2. The fourth-order valence-corrected chi connectivity index (χ4v) is 2.84. The van der Waals surface area contributed by atoms with Crippen molar-refractivity contribution in [2.75, 3.05) is 33.9 Å². The van der Waals surface area contributed by atoms with Crippen LogP contribution in [0.5, 0.6) is 17.2 Å². The summed E-state index contributed by atoms with van der Waals surface area (Å²) in [6.45, 7) is 1.16. The van der Waals surface area contributed by atoms with Crippen LogP contribution in [0.25, 0.3) is 0 Å². The second-order valence-electron chi connectivity index (χ2n) is 6.24. The predicted molar refractivity (Wildman–Crippen MR) is 109 cm³/mol. The summed E-state index contributed by atoms with van der Waals surface area (Å²) in [4.78, 5) is 18.9. The molecule has 0 fully saturated rings. The maximum Gasteiger partial charge on any atom is 0.368 e. The summed E-state index contributed by atoms with van der Waals surface area (Å²) >= 11 is 0. The molecule has 1 unspecified atom stereocenters. The first-order chi connectivity index (χ1) is 13.6. The lowest BCUT2D eigenvalue weighted by atomic mass is 10.1. The number of carbonyl (C=O) groups is 1. The number of aliphatic hydroxyl groups is 1. The molecule has 0 bridgehead atoms. The van der Waals surface area contributed by atoms with E-state index < -0.39 is 12.1 Å². The topological polar surface area (TPSA) is 102 Å². The Bertz CT molecular complexity index is 967. The molecule has 0 saturated carbocycles. The number of aliphatic hydroxyl groups excluding tert-OH is 1. The van der Waals surface area contributed by atoms with Gasteiger partial charge in [0, 0.05) is 6.54 Å². The molecule has 2 amide bonds. The van der Waals surface area contributed by atoms with Crippen LogP contribution in [0.4, 0.5) is 4.79 Å². The molecule has 0 spiro atoms. The van der Waals surface area contributed by atoms with Gasteiger partial charge in [0.2, 0.25) is 0 Å².